The van der Waals surface area contributed by atoms with Crippen molar-refractivity contribution in [1.82, 2.24) is 9.88 Å². The molecule has 0 amide bonds. The molecule has 17 heavy (non-hydrogen) atoms. The van der Waals surface area contributed by atoms with E-state index in [-0.39, 0.29) is 0 Å². The van der Waals surface area contributed by atoms with E-state index in [9.17, 15) is 0 Å². The van der Waals surface area contributed by atoms with Crippen LogP contribution in [0.3, 0.4) is 0 Å². The number of aromatic nitrogens is 1. The Labute approximate surface area is 111 Å². The second-order valence-electron chi connectivity index (χ2n) is 3.82. The average Bonchev–Trinajstić information content (AvgIpc) is 2.68. The smallest absolute Gasteiger partial charge is 0.0514 e. The standard InChI is InChI=1S/C13H14Cl2N2/c1-2-4-16-5-7-17-6-3-11-12(15)8-10(14)9-13(11)17/h2-3,6,8-9,16H,1,4-5,7H2. The summed E-state index contributed by atoms with van der Waals surface area (Å²) in [6.07, 6.45) is 3.88. The van der Waals surface area contributed by atoms with Crippen molar-refractivity contribution in [3.05, 3.63) is 47.1 Å². The summed E-state index contributed by atoms with van der Waals surface area (Å²) in [7, 11) is 0. The van der Waals surface area contributed by atoms with E-state index < -0.39 is 0 Å². The Balaban J connectivity index is 2.20. The highest BCUT2D eigenvalue weighted by molar-refractivity contribution is 6.38. The lowest BCUT2D eigenvalue weighted by molar-refractivity contribution is 0.641. The van der Waals surface area contributed by atoms with Gasteiger partial charge in [0.15, 0.2) is 0 Å². The Hall–Kier alpha value is -0.960. The van der Waals surface area contributed by atoms with Crippen LogP contribution >= 0.6 is 23.2 Å². The summed E-state index contributed by atoms with van der Waals surface area (Å²) in [4.78, 5) is 0. The largest absolute Gasteiger partial charge is 0.346 e. The van der Waals surface area contributed by atoms with Crippen molar-refractivity contribution in [3.8, 4) is 0 Å². The third-order valence-corrected chi connectivity index (χ3v) is 3.15. The summed E-state index contributed by atoms with van der Waals surface area (Å²) in [5.41, 5.74) is 1.07. The van der Waals surface area contributed by atoms with Crippen LogP contribution in [0.2, 0.25) is 10.0 Å². The van der Waals surface area contributed by atoms with Crippen LogP contribution in [0, 0.1) is 0 Å². The van der Waals surface area contributed by atoms with Gasteiger partial charge in [0, 0.05) is 36.2 Å². The zero-order valence-corrected chi connectivity index (χ0v) is 10.9. The number of benzene rings is 1. The van der Waals surface area contributed by atoms with Crippen molar-refractivity contribution >= 4 is 34.1 Å². The molecule has 0 aliphatic carbocycles. The van der Waals surface area contributed by atoms with E-state index in [1.807, 2.05) is 24.4 Å². The summed E-state index contributed by atoms with van der Waals surface area (Å²) in [6.45, 7) is 6.26. The van der Waals surface area contributed by atoms with Gasteiger partial charge in [-0.2, -0.15) is 0 Å². The molecule has 0 atom stereocenters. The zero-order valence-electron chi connectivity index (χ0n) is 9.42. The molecule has 0 aliphatic rings. The Morgan fingerprint density at radius 3 is 2.94 bits per heavy atom. The van der Waals surface area contributed by atoms with Crippen LogP contribution < -0.4 is 5.32 Å². The van der Waals surface area contributed by atoms with E-state index >= 15 is 0 Å². The number of hydrogen-bond acceptors (Lipinski definition) is 1. The summed E-state index contributed by atoms with van der Waals surface area (Å²) in [6, 6.07) is 5.73. The molecule has 0 saturated carbocycles. The van der Waals surface area contributed by atoms with Gasteiger partial charge >= 0.3 is 0 Å². The first-order valence-corrected chi connectivity index (χ1v) is 6.23. The van der Waals surface area contributed by atoms with Crippen LogP contribution in [0.25, 0.3) is 10.9 Å². The molecule has 1 aromatic heterocycles. The van der Waals surface area contributed by atoms with E-state index in [0.29, 0.717) is 10.0 Å². The molecule has 0 bridgehead atoms. The first kappa shape index (κ1) is 12.5. The third-order valence-electron chi connectivity index (χ3n) is 2.62. The highest BCUT2D eigenvalue weighted by Gasteiger charge is 2.05. The number of nitrogens with zero attached hydrogens (tertiary/aromatic N) is 1. The summed E-state index contributed by atoms with van der Waals surface area (Å²) >= 11 is 12.1. The predicted molar refractivity (Wildman–Crippen MR) is 75.0 cm³/mol. The van der Waals surface area contributed by atoms with Gasteiger partial charge in [0.1, 0.15) is 0 Å². The fraction of sp³-hybridized carbons (Fsp3) is 0.231. The van der Waals surface area contributed by atoms with Crippen molar-refractivity contribution in [2.45, 2.75) is 6.54 Å². The second kappa shape index (κ2) is 5.58. The molecule has 1 heterocycles. The quantitative estimate of drug-likeness (QED) is 0.646. The molecular formula is C13H14Cl2N2. The summed E-state index contributed by atoms with van der Waals surface area (Å²) in [5, 5.41) is 5.67. The fourth-order valence-electron chi connectivity index (χ4n) is 1.82. The molecule has 2 nitrogen and oxygen atoms in total. The minimum atomic E-state index is 0.668. The van der Waals surface area contributed by atoms with E-state index in [1.165, 1.54) is 0 Å². The molecule has 4 heteroatoms. The van der Waals surface area contributed by atoms with Crippen LogP contribution in [0.5, 0.6) is 0 Å². The van der Waals surface area contributed by atoms with Gasteiger partial charge in [-0.25, -0.2) is 0 Å². The summed E-state index contributed by atoms with van der Waals surface area (Å²) < 4.78 is 2.14. The number of halogens is 2. The van der Waals surface area contributed by atoms with Gasteiger partial charge in [0.2, 0.25) is 0 Å². The highest BCUT2D eigenvalue weighted by Crippen LogP contribution is 2.28. The molecule has 1 N–H and O–H groups in total. The van der Waals surface area contributed by atoms with Crippen molar-refractivity contribution in [1.29, 1.82) is 0 Å². The lowest BCUT2D eigenvalue weighted by Gasteiger charge is -2.06. The van der Waals surface area contributed by atoms with E-state index in [4.69, 9.17) is 23.2 Å². The van der Waals surface area contributed by atoms with Crippen LogP contribution in [0.15, 0.2) is 37.1 Å². The SMILES string of the molecule is C=CCNCCn1ccc2c(Cl)cc(Cl)cc21. The van der Waals surface area contributed by atoms with Crippen molar-refractivity contribution in [2.24, 2.45) is 0 Å². The molecule has 1 aromatic carbocycles. The van der Waals surface area contributed by atoms with E-state index in [2.05, 4.69) is 16.5 Å². The van der Waals surface area contributed by atoms with Crippen molar-refractivity contribution in [2.75, 3.05) is 13.1 Å². The van der Waals surface area contributed by atoms with E-state index in [1.54, 1.807) is 6.07 Å². The molecular weight excluding hydrogens is 255 g/mol. The molecule has 0 saturated heterocycles. The Bertz CT molecular complexity index is 531. The molecule has 0 unspecified atom stereocenters. The van der Waals surface area contributed by atoms with Gasteiger partial charge in [-0.15, -0.1) is 6.58 Å². The normalized spacial score (nSPS) is 10.9. The molecule has 2 aromatic rings. The molecule has 0 aliphatic heterocycles. The monoisotopic (exact) mass is 268 g/mol. The molecule has 90 valence electrons. The minimum absolute atomic E-state index is 0.668. The van der Waals surface area contributed by atoms with Gasteiger partial charge in [0.25, 0.3) is 0 Å². The molecule has 0 fully saturated rings. The maximum atomic E-state index is 6.13. The van der Waals surface area contributed by atoms with Crippen LogP contribution in [-0.2, 0) is 6.54 Å². The van der Waals surface area contributed by atoms with Gasteiger partial charge in [-0.05, 0) is 18.2 Å². The number of hydrogen-bond donors (Lipinski definition) is 1. The molecule has 0 spiro atoms. The predicted octanol–water partition coefficient (Wildman–Crippen LogP) is 3.72. The topological polar surface area (TPSA) is 17.0 Å². The maximum Gasteiger partial charge on any atom is 0.0514 e. The summed E-state index contributed by atoms with van der Waals surface area (Å²) in [5.74, 6) is 0. The minimum Gasteiger partial charge on any atom is -0.346 e. The van der Waals surface area contributed by atoms with Crippen LogP contribution in [0.1, 0.15) is 0 Å². The van der Waals surface area contributed by atoms with Crippen molar-refractivity contribution in [3.63, 3.8) is 0 Å². The first-order chi connectivity index (χ1) is 8.22. The van der Waals surface area contributed by atoms with E-state index in [0.717, 1.165) is 30.5 Å². The van der Waals surface area contributed by atoms with Crippen molar-refractivity contribution < 1.29 is 0 Å². The average molecular weight is 269 g/mol. The number of nitrogens with one attached hydrogen (secondary N) is 1. The lowest BCUT2D eigenvalue weighted by atomic mass is 10.2. The first-order valence-electron chi connectivity index (χ1n) is 5.48. The zero-order chi connectivity index (χ0) is 12.3. The highest BCUT2D eigenvalue weighted by atomic mass is 35.5. The Morgan fingerprint density at radius 2 is 2.18 bits per heavy atom. The Kier molecular flexibility index (Phi) is 4.11. The molecule has 0 radical (unpaired) electrons. The fourth-order valence-corrected chi connectivity index (χ4v) is 2.36. The number of fused-ring (bicyclic) bond motifs is 1. The van der Waals surface area contributed by atoms with Crippen LogP contribution in [-0.4, -0.2) is 17.7 Å². The molecule has 2 rings (SSSR count). The lowest BCUT2D eigenvalue weighted by Crippen LogP contribution is -2.19. The van der Waals surface area contributed by atoms with Crippen LogP contribution in [0.4, 0.5) is 0 Å². The third kappa shape index (κ3) is 2.83. The van der Waals surface area contributed by atoms with Gasteiger partial charge in [-0.3, -0.25) is 0 Å². The maximum absolute atomic E-state index is 6.13. The van der Waals surface area contributed by atoms with Gasteiger partial charge in [0.05, 0.1) is 10.5 Å². The van der Waals surface area contributed by atoms with Gasteiger partial charge in [-0.1, -0.05) is 29.3 Å². The second-order valence-corrected chi connectivity index (χ2v) is 4.67. The Morgan fingerprint density at radius 1 is 1.35 bits per heavy atom. The number of rotatable bonds is 5. The van der Waals surface area contributed by atoms with Gasteiger partial charge < -0.3 is 9.88 Å².